The van der Waals surface area contributed by atoms with Crippen molar-refractivity contribution in [2.24, 2.45) is 0 Å². The van der Waals surface area contributed by atoms with Crippen molar-refractivity contribution in [3.05, 3.63) is 35.6 Å². The van der Waals surface area contributed by atoms with Crippen LogP contribution in [0, 0.1) is 5.82 Å². The minimum Gasteiger partial charge on any atom is -0.378 e. The Bertz CT molecular complexity index is 444. The highest BCUT2D eigenvalue weighted by molar-refractivity contribution is 5.76. The first-order valence-electron chi connectivity index (χ1n) is 7.87. The summed E-state index contributed by atoms with van der Waals surface area (Å²) in [7, 11) is 0. The SMILES string of the molecule is O=C(CCc1ccccc1F)NCCCOC1CCCC1. The summed E-state index contributed by atoms with van der Waals surface area (Å²) in [6.45, 7) is 1.33. The van der Waals surface area contributed by atoms with E-state index in [2.05, 4.69) is 5.32 Å². The molecule has 1 aromatic carbocycles. The summed E-state index contributed by atoms with van der Waals surface area (Å²) >= 11 is 0. The Labute approximate surface area is 125 Å². The maximum Gasteiger partial charge on any atom is 0.220 e. The molecule has 1 N–H and O–H groups in total. The smallest absolute Gasteiger partial charge is 0.220 e. The van der Waals surface area contributed by atoms with Gasteiger partial charge in [-0.15, -0.1) is 0 Å². The maximum atomic E-state index is 13.4. The number of rotatable bonds is 8. The number of ether oxygens (including phenoxy) is 1. The van der Waals surface area contributed by atoms with Crippen molar-refractivity contribution in [2.45, 2.75) is 51.0 Å². The Balaban J connectivity index is 1.52. The summed E-state index contributed by atoms with van der Waals surface area (Å²) in [4.78, 5) is 11.7. The van der Waals surface area contributed by atoms with E-state index >= 15 is 0 Å². The molecule has 0 spiro atoms. The van der Waals surface area contributed by atoms with Crippen LogP contribution in [0.1, 0.15) is 44.1 Å². The van der Waals surface area contributed by atoms with Crippen molar-refractivity contribution in [3.8, 4) is 0 Å². The minimum atomic E-state index is -0.240. The predicted octanol–water partition coefficient (Wildman–Crippen LogP) is 3.22. The first-order chi connectivity index (χ1) is 10.3. The van der Waals surface area contributed by atoms with Crippen LogP contribution < -0.4 is 5.32 Å². The largest absolute Gasteiger partial charge is 0.378 e. The quantitative estimate of drug-likeness (QED) is 0.747. The van der Waals surface area contributed by atoms with Gasteiger partial charge in [0.05, 0.1) is 6.10 Å². The van der Waals surface area contributed by atoms with E-state index < -0.39 is 0 Å². The van der Waals surface area contributed by atoms with Gasteiger partial charge in [0.1, 0.15) is 5.82 Å². The number of hydrogen-bond acceptors (Lipinski definition) is 2. The Morgan fingerprint density at radius 1 is 1.29 bits per heavy atom. The van der Waals surface area contributed by atoms with Gasteiger partial charge in [-0.1, -0.05) is 31.0 Å². The molecule has 3 nitrogen and oxygen atoms in total. The highest BCUT2D eigenvalue weighted by Crippen LogP contribution is 2.20. The van der Waals surface area contributed by atoms with Crippen molar-refractivity contribution in [1.29, 1.82) is 0 Å². The van der Waals surface area contributed by atoms with Crippen LogP contribution in [-0.4, -0.2) is 25.2 Å². The van der Waals surface area contributed by atoms with Gasteiger partial charge in [0.2, 0.25) is 5.91 Å². The van der Waals surface area contributed by atoms with Gasteiger partial charge in [0.25, 0.3) is 0 Å². The lowest BCUT2D eigenvalue weighted by molar-refractivity contribution is -0.121. The van der Waals surface area contributed by atoms with Gasteiger partial charge in [-0.25, -0.2) is 4.39 Å². The Kier molecular flexibility index (Phi) is 6.67. The fourth-order valence-electron chi connectivity index (χ4n) is 2.64. The Hall–Kier alpha value is -1.42. The molecule has 2 rings (SSSR count). The van der Waals surface area contributed by atoms with E-state index in [1.165, 1.54) is 31.7 Å². The summed E-state index contributed by atoms with van der Waals surface area (Å²) in [6.07, 6.45) is 6.93. The second-order valence-corrected chi connectivity index (χ2v) is 5.57. The van der Waals surface area contributed by atoms with Crippen molar-refractivity contribution < 1.29 is 13.9 Å². The van der Waals surface area contributed by atoms with Gasteiger partial charge in [-0.2, -0.15) is 0 Å². The zero-order chi connectivity index (χ0) is 14.9. The Morgan fingerprint density at radius 2 is 2.05 bits per heavy atom. The van der Waals surface area contributed by atoms with Gasteiger partial charge in [0, 0.05) is 19.6 Å². The topological polar surface area (TPSA) is 38.3 Å². The monoisotopic (exact) mass is 293 g/mol. The predicted molar refractivity (Wildman–Crippen MR) is 80.6 cm³/mol. The molecule has 1 aliphatic rings. The third kappa shape index (κ3) is 5.84. The number of hydrogen-bond donors (Lipinski definition) is 1. The van der Waals surface area contributed by atoms with E-state index in [0.29, 0.717) is 37.7 Å². The molecule has 1 fully saturated rings. The third-order valence-corrected chi connectivity index (χ3v) is 3.88. The van der Waals surface area contributed by atoms with E-state index in [4.69, 9.17) is 4.74 Å². The molecule has 0 saturated heterocycles. The molecule has 1 aliphatic carbocycles. The van der Waals surface area contributed by atoms with Crippen molar-refractivity contribution >= 4 is 5.91 Å². The van der Waals surface area contributed by atoms with Gasteiger partial charge >= 0.3 is 0 Å². The number of amides is 1. The van der Waals surface area contributed by atoms with Crippen LogP contribution in [0.4, 0.5) is 4.39 Å². The van der Waals surface area contributed by atoms with E-state index in [9.17, 15) is 9.18 Å². The van der Waals surface area contributed by atoms with Crippen molar-refractivity contribution in [1.82, 2.24) is 5.32 Å². The number of nitrogens with one attached hydrogen (secondary N) is 1. The highest BCUT2D eigenvalue weighted by atomic mass is 19.1. The number of carbonyl (C=O) groups is 1. The van der Waals surface area contributed by atoms with E-state index in [1.807, 2.05) is 0 Å². The number of benzene rings is 1. The molecule has 0 aliphatic heterocycles. The fourth-order valence-corrected chi connectivity index (χ4v) is 2.64. The van der Waals surface area contributed by atoms with Gasteiger partial charge in [-0.3, -0.25) is 4.79 Å². The molecule has 0 unspecified atom stereocenters. The van der Waals surface area contributed by atoms with Crippen LogP contribution >= 0.6 is 0 Å². The fraction of sp³-hybridized carbons (Fsp3) is 0.588. The van der Waals surface area contributed by atoms with Gasteiger partial charge in [0.15, 0.2) is 0 Å². The van der Waals surface area contributed by atoms with E-state index in [0.717, 1.165) is 6.42 Å². The summed E-state index contributed by atoms with van der Waals surface area (Å²) in [6, 6.07) is 6.59. The average Bonchev–Trinajstić information content (AvgIpc) is 2.99. The lowest BCUT2D eigenvalue weighted by atomic mass is 10.1. The molecule has 0 radical (unpaired) electrons. The van der Waals surface area contributed by atoms with Crippen LogP contribution in [-0.2, 0) is 16.0 Å². The van der Waals surface area contributed by atoms with Crippen LogP contribution in [0.2, 0.25) is 0 Å². The molecule has 0 atom stereocenters. The number of carbonyl (C=O) groups excluding carboxylic acids is 1. The van der Waals surface area contributed by atoms with E-state index in [1.54, 1.807) is 18.2 Å². The molecule has 4 heteroatoms. The van der Waals surface area contributed by atoms with Crippen molar-refractivity contribution in [2.75, 3.05) is 13.2 Å². The Morgan fingerprint density at radius 3 is 2.81 bits per heavy atom. The molecule has 1 saturated carbocycles. The zero-order valence-electron chi connectivity index (χ0n) is 12.4. The second-order valence-electron chi connectivity index (χ2n) is 5.57. The normalized spacial score (nSPS) is 15.3. The highest BCUT2D eigenvalue weighted by Gasteiger charge is 2.14. The van der Waals surface area contributed by atoms with Gasteiger partial charge < -0.3 is 10.1 Å². The maximum absolute atomic E-state index is 13.4. The summed E-state index contributed by atoms with van der Waals surface area (Å²) in [5, 5.41) is 2.86. The molecule has 1 amide bonds. The lowest BCUT2D eigenvalue weighted by Gasteiger charge is -2.11. The first kappa shape index (κ1) is 16.0. The third-order valence-electron chi connectivity index (χ3n) is 3.88. The standard InChI is InChI=1S/C17H24FNO2/c18-16-9-4-1-6-14(16)10-11-17(20)19-12-5-13-21-15-7-2-3-8-15/h1,4,6,9,15H,2-3,5,7-8,10-13H2,(H,19,20). The van der Waals surface area contributed by atoms with E-state index in [-0.39, 0.29) is 11.7 Å². The molecule has 21 heavy (non-hydrogen) atoms. The molecule has 0 aromatic heterocycles. The van der Waals surface area contributed by atoms with Gasteiger partial charge in [-0.05, 0) is 37.3 Å². The summed E-state index contributed by atoms with van der Waals surface area (Å²) in [5.41, 5.74) is 0.595. The lowest BCUT2D eigenvalue weighted by Crippen LogP contribution is -2.26. The van der Waals surface area contributed by atoms with Crippen LogP contribution in [0.3, 0.4) is 0 Å². The molecular formula is C17H24FNO2. The number of halogens is 1. The average molecular weight is 293 g/mol. The molecule has 1 aromatic rings. The van der Waals surface area contributed by atoms with Crippen LogP contribution in [0.15, 0.2) is 24.3 Å². The molecular weight excluding hydrogens is 269 g/mol. The van der Waals surface area contributed by atoms with Crippen LogP contribution in [0.25, 0.3) is 0 Å². The van der Waals surface area contributed by atoms with Crippen LogP contribution in [0.5, 0.6) is 0 Å². The summed E-state index contributed by atoms with van der Waals surface area (Å²) in [5.74, 6) is -0.269. The molecule has 116 valence electrons. The number of aryl methyl sites for hydroxylation is 1. The minimum absolute atomic E-state index is 0.0286. The summed E-state index contributed by atoms with van der Waals surface area (Å²) < 4.78 is 19.1. The molecule has 0 heterocycles. The second kappa shape index (κ2) is 8.78. The zero-order valence-corrected chi connectivity index (χ0v) is 12.4. The first-order valence-corrected chi connectivity index (χ1v) is 7.87. The molecule has 0 bridgehead atoms. The van der Waals surface area contributed by atoms with Crippen molar-refractivity contribution in [3.63, 3.8) is 0 Å².